The van der Waals surface area contributed by atoms with Gasteiger partial charge in [0.15, 0.2) is 16.8 Å². The Balaban J connectivity index is 1.70. The van der Waals surface area contributed by atoms with Crippen molar-refractivity contribution in [1.29, 1.82) is 0 Å². The SMILES string of the molecule is COc1ccc(C(=O)CSc2[nH]c3cc([N+](=O)[O-])ccc3[nH+]2)cc1. The molecule has 0 saturated heterocycles. The Labute approximate surface area is 141 Å². The number of ether oxygens (including phenoxy) is 1. The molecule has 0 saturated carbocycles. The molecule has 0 atom stereocenters. The van der Waals surface area contributed by atoms with Crippen LogP contribution in [-0.2, 0) is 0 Å². The van der Waals surface area contributed by atoms with Gasteiger partial charge in [0.05, 0.1) is 23.9 Å². The Kier molecular flexibility index (Phi) is 4.48. The highest BCUT2D eigenvalue weighted by atomic mass is 32.2. The fourth-order valence-electron chi connectivity index (χ4n) is 2.20. The van der Waals surface area contributed by atoms with E-state index in [0.717, 1.165) is 5.52 Å². The Morgan fingerprint density at radius 3 is 2.71 bits per heavy atom. The molecular weight excluding hydrogens is 330 g/mol. The summed E-state index contributed by atoms with van der Waals surface area (Å²) < 4.78 is 5.06. The third kappa shape index (κ3) is 3.38. The van der Waals surface area contributed by atoms with E-state index in [-0.39, 0.29) is 17.2 Å². The molecular formula is C16H14N3O4S+. The minimum Gasteiger partial charge on any atom is -0.497 e. The summed E-state index contributed by atoms with van der Waals surface area (Å²) in [5, 5.41) is 11.5. The second kappa shape index (κ2) is 6.71. The molecule has 0 amide bonds. The van der Waals surface area contributed by atoms with Crippen molar-refractivity contribution in [3.63, 3.8) is 0 Å². The van der Waals surface area contributed by atoms with Crippen molar-refractivity contribution in [3.05, 3.63) is 58.1 Å². The number of fused-ring (bicyclic) bond motifs is 1. The number of ketones is 1. The maximum atomic E-state index is 12.2. The third-order valence-corrected chi connectivity index (χ3v) is 4.37. The van der Waals surface area contributed by atoms with Gasteiger partial charge in [-0.2, -0.15) is 0 Å². The minimum absolute atomic E-state index is 0.0133. The molecule has 3 rings (SSSR count). The van der Waals surface area contributed by atoms with Gasteiger partial charge in [0.25, 0.3) is 5.69 Å². The van der Waals surface area contributed by atoms with E-state index < -0.39 is 4.92 Å². The van der Waals surface area contributed by atoms with Crippen molar-refractivity contribution in [2.75, 3.05) is 12.9 Å². The van der Waals surface area contributed by atoms with Crippen LogP contribution in [0.4, 0.5) is 5.69 Å². The number of rotatable bonds is 6. The van der Waals surface area contributed by atoms with Crippen LogP contribution in [0.5, 0.6) is 5.75 Å². The molecule has 1 aromatic heterocycles. The largest absolute Gasteiger partial charge is 0.497 e. The zero-order chi connectivity index (χ0) is 17.1. The highest BCUT2D eigenvalue weighted by Gasteiger charge is 2.16. The number of imidazole rings is 1. The zero-order valence-electron chi connectivity index (χ0n) is 12.7. The monoisotopic (exact) mass is 344 g/mol. The molecule has 3 aromatic rings. The van der Waals surface area contributed by atoms with Gasteiger partial charge in [0.1, 0.15) is 5.75 Å². The number of hydrogen-bond donors (Lipinski definition) is 1. The Bertz CT molecular complexity index is 905. The molecule has 0 bridgehead atoms. The van der Waals surface area contributed by atoms with Crippen LogP contribution in [0.3, 0.4) is 0 Å². The number of benzene rings is 2. The van der Waals surface area contributed by atoms with E-state index in [4.69, 9.17) is 4.74 Å². The van der Waals surface area contributed by atoms with Gasteiger partial charge in [-0.3, -0.25) is 14.9 Å². The molecule has 8 heteroatoms. The second-order valence-electron chi connectivity index (χ2n) is 5.01. The molecule has 0 aliphatic rings. The van der Waals surface area contributed by atoms with Crippen LogP contribution in [0.25, 0.3) is 11.0 Å². The molecule has 0 fully saturated rings. The summed E-state index contributed by atoms with van der Waals surface area (Å²) in [5.74, 6) is 0.933. The van der Waals surface area contributed by atoms with E-state index >= 15 is 0 Å². The number of Topliss-reactive ketones (excluding diaryl/α,β-unsaturated/α-hetero) is 1. The van der Waals surface area contributed by atoms with Crippen LogP contribution >= 0.6 is 11.8 Å². The highest BCUT2D eigenvalue weighted by molar-refractivity contribution is 7.99. The summed E-state index contributed by atoms with van der Waals surface area (Å²) in [6.45, 7) is 0. The van der Waals surface area contributed by atoms with Crippen molar-refractivity contribution in [1.82, 2.24) is 4.98 Å². The molecule has 7 nitrogen and oxygen atoms in total. The molecule has 0 spiro atoms. The topological polar surface area (TPSA) is 99.4 Å². The summed E-state index contributed by atoms with van der Waals surface area (Å²) in [4.78, 5) is 28.7. The number of methoxy groups -OCH3 is 1. The highest BCUT2D eigenvalue weighted by Crippen LogP contribution is 2.21. The van der Waals surface area contributed by atoms with E-state index in [1.807, 2.05) is 0 Å². The van der Waals surface area contributed by atoms with Gasteiger partial charge in [0.2, 0.25) is 0 Å². The average molecular weight is 344 g/mol. The first-order chi connectivity index (χ1) is 11.6. The first kappa shape index (κ1) is 16.0. The normalized spacial score (nSPS) is 10.7. The number of hydrogen-bond acceptors (Lipinski definition) is 5. The number of thioether (sulfide) groups is 1. The maximum absolute atomic E-state index is 12.2. The molecule has 2 N–H and O–H groups in total. The zero-order valence-corrected chi connectivity index (χ0v) is 13.6. The molecule has 0 aliphatic heterocycles. The smallest absolute Gasteiger partial charge is 0.314 e. The van der Waals surface area contributed by atoms with Crippen LogP contribution < -0.4 is 9.72 Å². The number of non-ortho nitro benzene ring substituents is 1. The van der Waals surface area contributed by atoms with E-state index in [2.05, 4.69) is 9.97 Å². The lowest BCUT2D eigenvalue weighted by Crippen LogP contribution is -2.06. The molecule has 0 radical (unpaired) electrons. The maximum Gasteiger partial charge on any atom is 0.314 e. The standard InChI is InChI=1S/C16H13N3O4S/c1-23-12-5-2-10(3-6-12)15(20)9-24-16-17-13-7-4-11(19(21)22)8-14(13)18-16/h2-8H,9H2,1H3,(H,17,18)/p+1. The van der Waals surface area contributed by atoms with Gasteiger partial charge in [-0.25, -0.2) is 9.97 Å². The van der Waals surface area contributed by atoms with Gasteiger partial charge in [-0.1, -0.05) is 0 Å². The Morgan fingerprint density at radius 2 is 2.04 bits per heavy atom. The van der Waals surface area contributed by atoms with Crippen LogP contribution in [0.2, 0.25) is 0 Å². The molecule has 24 heavy (non-hydrogen) atoms. The van der Waals surface area contributed by atoms with Crippen molar-refractivity contribution >= 4 is 34.3 Å². The van der Waals surface area contributed by atoms with Gasteiger partial charge >= 0.3 is 5.16 Å². The number of nitro benzene ring substituents is 1. The number of nitrogens with zero attached hydrogens (tertiary/aromatic N) is 1. The number of carbonyl (C=O) groups excluding carboxylic acids is 1. The first-order valence-corrected chi connectivity index (χ1v) is 8.05. The molecule has 0 unspecified atom stereocenters. The van der Waals surface area contributed by atoms with Crippen molar-refractivity contribution in [2.45, 2.75) is 5.16 Å². The average Bonchev–Trinajstić information content (AvgIpc) is 3.01. The van der Waals surface area contributed by atoms with Gasteiger partial charge in [-0.15, -0.1) is 0 Å². The quantitative estimate of drug-likeness (QED) is 0.321. The predicted octanol–water partition coefficient (Wildman–Crippen LogP) is 2.87. The van der Waals surface area contributed by atoms with Gasteiger partial charge < -0.3 is 4.74 Å². The van der Waals surface area contributed by atoms with Crippen molar-refractivity contribution in [3.8, 4) is 5.75 Å². The van der Waals surface area contributed by atoms with Crippen molar-refractivity contribution < 1.29 is 19.4 Å². The number of aromatic nitrogens is 2. The molecule has 122 valence electrons. The van der Waals surface area contributed by atoms with Gasteiger partial charge in [0, 0.05) is 11.6 Å². The van der Waals surface area contributed by atoms with Gasteiger partial charge in [-0.05, 0) is 42.1 Å². The number of aromatic amines is 2. The van der Waals surface area contributed by atoms with Crippen LogP contribution in [-0.4, -0.2) is 28.6 Å². The summed E-state index contributed by atoms with van der Waals surface area (Å²) >= 11 is 1.31. The summed E-state index contributed by atoms with van der Waals surface area (Å²) in [7, 11) is 1.57. The third-order valence-electron chi connectivity index (χ3n) is 3.47. The van der Waals surface area contributed by atoms with Crippen LogP contribution in [0.15, 0.2) is 47.6 Å². The second-order valence-corrected chi connectivity index (χ2v) is 5.99. The number of H-pyrrole nitrogens is 2. The molecule has 2 aromatic carbocycles. The summed E-state index contributed by atoms with van der Waals surface area (Å²) in [5.41, 5.74) is 2.00. The first-order valence-electron chi connectivity index (χ1n) is 7.06. The lowest BCUT2D eigenvalue weighted by molar-refractivity contribution is -0.396. The fourth-order valence-corrected chi connectivity index (χ4v) is 3.01. The lowest BCUT2D eigenvalue weighted by Gasteiger charge is -2.01. The fraction of sp³-hybridized carbons (Fsp3) is 0.125. The van der Waals surface area contributed by atoms with E-state index in [1.54, 1.807) is 37.4 Å². The molecule has 1 heterocycles. The Morgan fingerprint density at radius 1 is 1.29 bits per heavy atom. The number of nitro groups is 1. The van der Waals surface area contributed by atoms with E-state index in [9.17, 15) is 14.9 Å². The van der Waals surface area contributed by atoms with E-state index in [0.29, 0.717) is 22.0 Å². The lowest BCUT2D eigenvalue weighted by atomic mass is 10.1. The predicted molar refractivity (Wildman–Crippen MR) is 89.6 cm³/mol. The van der Waals surface area contributed by atoms with Crippen LogP contribution in [0.1, 0.15) is 10.4 Å². The Hall–Kier alpha value is -2.87. The summed E-state index contributed by atoms with van der Waals surface area (Å²) in [6.07, 6.45) is 0. The van der Waals surface area contributed by atoms with Crippen molar-refractivity contribution in [2.24, 2.45) is 0 Å². The van der Waals surface area contributed by atoms with Crippen LogP contribution in [0, 0.1) is 10.1 Å². The molecule has 0 aliphatic carbocycles. The number of nitrogens with one attached hydrogen (secondary N) is 2. The summed E-state index contributed by atoms with van der Waals surface area (Å²) in [6, 6.07) is 11.5. The number of carbonyl (C=O) groups is 1. The minimum atomic E-state index is -0.444. The van der Waals surface area contributed by atoms with E-state index in [1.165, 1.54) is 23.9 Å².